The Morgan fingerprint density at radius 3 is 3.19 bits per heavy atom. The number of halogens is 1. The van der Waals surface area contributed by atoms with Gasteiger partial charge in [0.2, 0.25) is 0 Å². The van der Waals surface area contributed by atoms with Crippen LogP contribution < -0.4 is 5.32 Å². The van der Waals surface area contributed by atoms with Crippen LogP contribution in [0.2, 0.25) is 0 Å². The molecular weight excluding hydrogens is 262 g/mol. The fraction of sp³-hybridized carbons (Fsp3) is 0.545. The van der Waals surface area contributed by atoms with Crippen molar-refractivity contribution in [2.24, 2.45) is 0 Å². The van der Waals surface area contributed by atoms with Crippen molar-refractivity contribution in [3.8, 4) is 0 Å². The highest BCUT2D eigenvalue weighted by Gasteiger charge is 2.16. The molecule has 0 saturated heterocycles. The van der Waals surface area contributed by atoms with Crippen molar-refractivity contribution in [2.75, 3.05) is 18.2 Å². The second kappa shape index (κ2) is 5.94. The van der Waals surface area contributed by atoms with E-state index in [1.807, 2.05) is 17.8 Å². The van der Waals surface area contributed by atoms with Crippen LogP contribution >= 0.6 is 34.7 Å². The zero-order valence-corrected chi connectivity index (χ0v) is 11.3. The number of alkyl halides is 1. The third-order valence-corrected chi connectivity index (χ3v) is 4.96. The van der Waals surface area contributed by atoms with Gasteiger partial charge in [0.25, 0.3) is 5.91 Å². The average molecular weight is 276 g/mol. The van der Waals surface area contributed by atoms with Crippen LogP contribution in [0.1, 0.15) is 26.5 Å². The summed E-state index contributed by atoms with van der Waals surface area (Å²) in [5, 5.41) is 2.89. The molecule has 1 N–H and O–H groups in total. The van der Waals surface area contributed by atoms with Crippen LogP contribution in [0.25, 0.3) is 0 Å². The minimum Gasteiger partial charge on any atom is -0.351 e. The number of carbonyl (C=O) groups excluding carboxylic acids is 1. The summed E-state index contributed by atoms with van der Waals surface area (Å²) in [5.74, 6) is 2.88. The standard InChI is InChI=1S/C11H14ClNOS2/c12-3-1-4-13-11(14)10-6-8-7-15-5-2-9(8)16-10/h6H,1-5,7H2,(H,13,14). The summed E-state index contributed by atoms with van der Waals surface area (Å²) in [5.41, 5.74) is 1.35. The van der Waals surface area contributed by atoms with Gasteiger partial charge in [0.05, 0.1) is 4.88 Å². The number of aryl methyl sites for hydroxylation is 1. The van der Waals surface area contributed by atoms with Crippen LogP contribution in [0.4, 0.5) is 0 Å². The van der Waals surface area contributed by atoms with Gasteiger partial charge in [-0.3, -0.25) is 4.79 Å². The number of hydrogen-bond donors (Lipinski definition) is 1. The molecule has 0 radical (unpaired) electrons. The van der Waals surface area contributed by atoms with E-state index in [1.165, 1.54) is 16.2 Å². The molecule has 88 valence electrons. The molecule has 2 heterocycles. The first-order valence-corrected chi connectivity index (χ1v) is 7.85. The molecule has 0 atom stereocenters. The Balaban J connectivity index is 1.98. The van der Waals surface area contributed by atoms with E-state index < -0.39 is 0 Å². The first kappa shape index (κ1) is 12.3. The van der Waals surface area contributed by atoms with Crippen molar-refractivity contribution in [3.63, 3.8) is 0 Å². The molecule has 2 rings (SSSR count). The molecule has 0 saturated carbocycles. The second-order valence-corrected chi connectivity index (χ2v) is 6.28. The van der Waals surface area contributed by atoms with Crippen molar-refractivity contribution >= 4 is 40.6 Å². The topological polar surface area (TPSA) is 29.1 Å². The lowest BCUT2D eigenvalue weighted by atomic mass is 10.2. The van der Waals surface area contributed by atoms with E-state index in [-0.39, 0.29) is 5.91 Å². The summed E-state index contributed by atoms with van der Waals surface area (Å²) in [6.45, 7) is 0.666. The van der Waals surface area contributed by atoms with Crippen LogP contribution in [0, 0.1) is 0 Å². The summed E-state index contributed by atoms with van der Waals surface area (Å²) in [6, 6.07) is 2.04. The SMILES string of the molecule is O=C(NCCCCl)c1cc2c(s1)CCSC2. The molecule has 1 aliphatic rings. The molecule has 0 unspecified atom stereocenters. The van der Waals surface area contributed by atoms with Gasteiger partial charge in [-0.15, -0.1) is 22.9 Å². The molecule has 2 nitrogen and oxygen atoms in total. The summed E-state index contributed by atoms with van der Waals surface area (Å²) >= 11 is 9.15. The summed E-state index contributed by atoms with van der Waals surface area (Å²) < 4.78 is 0. The highest BCUT2D eigenvalue weighted by atomic mass is 35.5. The monoisotopic (exact) mass is 275 g/mol. The minimum absolute atomic E-state index is 0.0505. The van der Waals surface area contributed by atoms with E-state index in [4.69, 9.17) is 11.6 Å². The lowest BCUT2D eigenvalue weighted by molar-refractivity contribution is 0.0958. The van der Waals surface area contributed by atoms with E-state index in [2.05, 4.69) is 5.32 Å². The number of thioether (sulfide) groups is 1. The lowest BCUT2D eigenvalue weighted by Crippen LogP contribution is -2.23. The Kier molecular flexibility index (Phi) is 4.55. The molecule has 0 fully saturated rings. The lowest BCUT2D eigenvalue weighted by Gasteiger charge is -2.08. The van der Waals surface area contributed by atoms with Crippen molar-refractivity contribution in [2.45, 2.75) is 18.6 Å². The Hall–Kier alpha value is -0.190. The largest absolute Gasteiger partial charge is 0.351 e. The first-order valence-electron chi connectivity index (χ1n) is 5.34. The number of fused-ring (bicyclic) bond motifs is 1. The average Bonchev–Trinajstić information content (AvgIpc) is 2.73. The van der Waals surface area contributed by atoms with Gasteiger partial charge in [-0.05, 0) is 30.2 Å². The molecule has 1 aromatic heterocycles. The minimum atomic E-state index is 0.0505. The first-order chi connectivity index (χ1) is 7.81. The molecular formula is C11H14ClNOS2. The predicted octanol–water partition coefficient (Wildman–Crippen LogP) is 2.90. The molecule has 1 aromatic rings. The Bertz CT molecular complexity index is 355. The van der Waals surface area contributed by atoms with E-state index in [9.17, 15) is 4.79 Å². The molecule has 5 heteroatoms. The molecule has 1 amide bonds. The zero-order valence-electron chi connectivity index (χ0n) is 8.92. The Morgan fingerprint density at radius 2 is 2.44 bits per heavy atom. The highest BCUT2D eigenvalue weighted by Crippen LogP contribution is 2.31. The van der Waals surface area contributed by atoms with Gasteiger partial charge in [0.1, 0.15) is 0 Å². The maximum absolute atomic E-state index is 11.8. The van der Waals surface area contributed by atoms with E-state index in [1.54, 1.807) is 11.3 Å². The summed E-state index contributed by atoms with van der Waals surface area (Å²) in [4.78, 5) is 14.0. The number of rotatable bonds is 4. The van der Waals surface area contributed by atoms with Crippen LogP contribution in [0.3, 0.4) is 0 Å². The van der Waals surface area contributed by atoms with Gasteiger partial charge in [0.15, 0.2) is 0 Å². The van der Waals surface area contributed by atoms with E-state index in [0.29, 0.717) is 12.4 Å². The number of hydrogen-bond acceptors (Lipinski definition) is 3. The summed E-state index contributed by atoms with van der Waals surface area (Å²) in [7, 11) is 0. The van der Waals surface area contributed by atoms with Crippen LogP contribution in [0.5, 0.6) is 0 Å². The van der Waals surface area contributed by atoms with Gasteiger partial charge in [0, 0.05) is 23.1 Å². The van der Waals surface area contributed by atoms with Crippen molar-refractivity contribution < 1.29 is 4.79 Å². The van der Waals surface area contributed by atoms with Gasteiger partial charge in [-0.1, -0.05) is 0 Å². The van der Waals surface area contributed by atoms with Gasteiger partial charge in [-0.2, -0.15) is 11.8 Å². The van der Waals surface area contributed by atoms with Gasteiger partial charge >= 0.3 is 0 Å². The molecule has 0 aromatic carbocycles. The number of amides is 1. The van der Waals surface area contributed by atoms with Crippen molar-refractivity contribution in [3.05, 3.63) is 21.4 Å². The highest BCUT2D eigenvalue weighted by molar-refractivity contribution is 7.98. The third-order valence-electron chi connectivity index (χ3n) is 2.45. The maximum Gasteiger partial charge on any atom is 0.261 e. The van der Waals surface area contributed by atoms with Crippen LogP contribution in [0.15, 0.2) is 6.07 Å². The normalized spacial score (nSPS) is 14.6. The number of thiophene rings is 1. The molecule has 0 spiro atoms. The van der Waals surface area contributed by atoms with Gasteiger partial charge < -0.3 is 5.32 Å². The third kappa shape index (κ3) is 2.93. The fourth-order valence-corrected chi connectivity index (χ4v) is 4.04. The van der Waals surface area contributed by atoms with Crippen molar-refractivity contribution in [1.82, 2.24) is 5.32 Å². The second-order valence-electron chi connectivity index (χ2n) is 3.66. The van der Waals surface area contributed by atoms with Crippen LogP contribution in [-0.2, 0) is 12.2 Å². The Morgan fingerprint density at radius 1 is 1.56 bits per heavy atom. The smallest absolute Gasteiger partial charge is 0.261 e. The van der Waals surface area contributed by atoms with E-state index >= 15 is 0 Å². The van der Waals surface area contributed by atoms with Gasteiger partial charge in [-0.25, -0.2) is 0 Å². The number of nitrogens with one attached hydrogen (secondary N) is 1. The fourth-order valence-electron chi connectivity index (χ4n) is 1.61. The van der Waals surface area contributed by atoms with Crippen molar-refractivity contribution in [1.29, 1.82) is 0 Å². The number of carbonyl (C=O) groups is 1. The maximum atomic E-state index is 11.8. The van der Waals surface area contributed by atoms with E-state index in [0.717, 1.165) is 23.5 Å². The molecule has 0 bridgehead atoms. The molecule has 1 aliphatic heterocycles. The predicted molar refractivity (Wildman–Crippen MR) is 71.9 cm³/mol. The Labute approximate surface area is 109 Å². The zero-order chi connectivity index (χ0) is 11.4. The van der Waals surface area contributed by atoms with Crippen LogP contribution in [-0.4, -0.2) is 24.1 Å². The molecule has 16 heavy (non-hydrogen) atoms. The molecule has 0 aliphatic carbocycles. The quantitative estimate of drug-likeness (QED) is 0.676. The summed E-state index contributed by atoms with van der Waals surface area (Å²) in [6.07, 6.45) is 1.94.